The minimum absolute atomic E-state index is 0.0638. The summed E-state index contributed by atoms with van der Waals surface area (Å²) >= 11 is 0. The first-order valence-electron chi connectivity index (χ1n) is 4.14. The maximum absolute atomic E-state index is 10.4. The highest BCUT2D eigenvalue weighted by Crippen LogP contribution is 2.12. The number of rotatable bonds is 4. The molecule has 0 fully saturated rings. The molecule has 1 heterocycles. The number of nitrogens with two attached hydrogens (primary N) is 1. The van der Waals surface area contributed by atoms with Crippen LogP contribution in [0.15, 0.2) is 12.3 Å². The van der Waals surface area contributed by atoms with Crippen molar-refractivity contribution in [2.24, 2.45) is 5.73 Å². The first kappa shape index (κ1) is 9.73. The van der Waals surface area contributed by atoms with Crippen LogP contribution in [-0.4, -0.2) is 20.9 Å². The van der Waals surface area contributed by atoms with Crippen molar-refractivity contribution in [3.8, 4) is 0 Å². The van der Waals surface area contributed by atoms with Gasteiger partial charge in [-0.2, -0.15) is 5.10 Å². The molecule has 0 saturated heterocycles. The molecule has 0 aromatic carbocycles. The molecule has 5 heteroatoms. The fraction of sp³-hybridized carbons (Fsp3) is 0.500. The van der Waals surface area contributed by atoms with E-state index in [1.54, 1.807) is 16.9 Å². The van der Waals surface area contributed by atoms with Crippen molar-refractivity contribution in [2.45, 2.75) is 25.9 Å². The molecule has 0 aliphatic rings. The zero-order valence-corrected chi connectivity index (χ0v) is 7.47. The lowest BCUT2D eigenvalue weighted by Gasteiger charge is -2.10. The summed E-state index contributed by atoms with van der Waals surface area (Å²) in [6.45, 7) is 2.64. The first-order chi connectivity index (χ1) is 6.15. The van der Waals surface area contributed by atoms with Crippen LogP contribution < -0.4 is 5.73 Å². The molecule has 1 aromatic rings. The van der Waals surface area contributed by atoms with Gasteiger partial charge >= 0.3 is 5.97 Å². The lowest BCUT2D eigenvalue weighted by molar-refractivity contribution is -0.137. The summed E-state index contributed by atoms with van der Waals surface area (Å²) in [7, 11) is 0. The van der Waals surface area contributed by atoms with Gasteiger partial charge in [0, 0.05) is 12.7 Å². The van der Waals surface area contributed by atoms with E-state index in [0.29, 0.717) is 6.54 Å². The average molecular weight is 183 g/mol. The van der Waals surface area contributed by atoms with Crippen LogP contribution in [0.5, 0.6) is 0 Å². The van der Waals surface area contributed by atoms with E-state index in [0.717, 1.165) is 5.69 Å². The predicted octanol–water partition coefficient (Wildman–Crippen LogP) is 0.378. The maximum Gasteiger partial charge on any atom is 0.305 e. The Morgan fingerprint density at radius 1 is 1.85 bits per heavy atom. The predicted molar refractivity (Wildman–Crippen MR) is 47.1 cm³/mol. The second-order valence-electron chi connectivity index (χ2n) is 2.78. The molecule has 0 saturated carbocycles. The average Bonchev–Trinajstić information content (AvgIpc) is 2.49. The van der Waals surface area contributed by atoms with Crippen LogP contribution in [0.25, 0.3) is 0 Å². The molecule has 1 rings (SSSR count). The molecule has 72 valence electrons. The van der Waals surface area contributed by atoms with E-state index in [9.17, 15) is 4.79 Å². The van der Waals surface area contributed by atoms with Crippen LogP contribution in [0.2, 0.25) is 0 Å². The van der Waals surface area contributed by atoms with Crippen LogP contribution in [0.3, 0.4) is 0 Å². The van der Waals surface area contributed by atoms with Crippen molar-refractivity contribution >= 4 is 5.97 Å². The number of carboxylic acids is 1. The second kappa shape index (κ2) is 4.04. The fourth-order valence-corrected chi connectivity index (χ4v) is 1.21. The molecule has 1 aromatic heterocycles. The van der Waals surface area contributed by atoms with Crippen molar-refractivity contribution in [1.82, 2.24) is 9.78 Å². The van der Waals surface area contributed by atoms with E-state index in [1.165, 1.54) is 0 Å². The quantitative estimate of drug-likeness (QED) is 0.707. The first-order valence-corrected chi connectivity index (χ1v) is 4.14. The molecule has 0 aliphatic heterocycles. The van der Waals surface area contributed by atoms with Gasteiger partial charge in [-0.25, -0.2) is 0 Å². The zero-order valence-electron chi connectivity index (χ0n) is 7.47. The monoisotopic (exact) mass is 183 g/mol. The Morgan fingerprint density at radius 3 is 3.08 bits per heavy atom. The molecule has 5 nitrogen and oxygen atoms in total. The van der Waals surface area contributed by atoms with Gasteiger partial charge in [0.05, 0.1) is 18.2 Å². The Morgan fingerprint density at radius 2 is 2.54 bits per heavy atom. The van der Waals surface area contributed by atoms with Gasteiger partial charge in [-0.1, -0.05) is 0 Å². The third-order valence-corrected chi connectivity index (χ3v) is 1.82. The van der Waals surface area contributed by atoms with Gasteiger partial charge in [0.25, 0.3) is 0 Å². The third kappa shape index (κ3) is 2.29. The lowest BCUT2D eigenvalue weighted by Crippen LogP contribution is -2.19. The number of hydrogen-bond donors (Lipinski definition) is 2. The summed E-state index contributed by atoms with van der Waals surface area (Å²) in [6, 6.07) is 1.27. The molecule has 0 amide bonds. The van der Waals surface area contributed by atoms with E-state index >= 15 is 0 Å². The van der Waals surface area contributed by atoms with E-state index in [4.69, 9.17) is 10.8 Å². The number of nitrogens with zero attached hydrogens (tertiary/aromatic N) is 2. The van der Waals surface area contributed by atoms with Crippen LogP contribution in [0.1, 0.15) is 25.1 Å². The van der Waals surface area contributed by atoms with Crippen LogP contribution in [-0.2, 0) is 11.3 Å². The number of carboxylic acid groups (broad SMARTS) is 1. The minimum Gasteiger partial charge on any atom is -0.481 e. The van der Waals surface area contributed by atoms with Gasteiger partial charge < -0.3 is 10.8 Å². The highest BCUT2D eigenvalue weighted by molar-refractivity contribution is 5.67. The molecule has 0 aliphatic carbocycles. The van der Waals surface area contributed by atoms with Gasteiger partial charge in [-0.3, -0.25) is 9.48 Å². The Kier molecular flexibility index (Phi) is 3.02. The number of hydrogen-bond acceptors (Lipinski definition) is 3. The second-order valence-corrected chi connectivity index (χ2v) is 2.78. The van der Waals surface area contributed by atoms with Crippen molar-refractivity contribution in [3.05, 3.63) is 18.0 Å². The standard InChI is InChI=1S/C8H13N3O2/c1-2-11-7(3-4-10-11)6(9)5-8(12)13/h3-4,6H,2,5,9H2,1H3,(H,12,13). The van der Waals surface area contributed by atoms with E-state index < -0.39 is 12.0 Å². The van der Waals surface area contributed by atoms with E-state index in [1.807, 2.05) is 6.92 Å². The summed E-state index contributed by atoms with van der Waals surface area (Å²) in [5, 5.41) is 12.5. The zero-order chi connectivity index (χ0) is 9.84. The Hall–Kier alpha value is -1.36. The van der Waals surface area contributed by atoms with Crippen LogP contribution in [0.4, 0.5) is 0 Å². The maximum atomic E-state index is 10.4. The Bertz CT molecular complexity index is 295. The van der Waals surface area contributed by atoms with Crippen molar-refractivity contribution < 1.29 is 9.90 Å². The Labute approximate surface area is 76.2 Å². The third-order valence-electron chi connectivity index (χ3n) is 1.82. The van der Waals surface area contributed by atoms with Crippen molar-refractivity contribution in [2.75, 3.05) is 0 Å². The largest absolute Gasteiger partial charge is 0.481 e. The number of aryl methyl sites for hydroxylation is 1. The highest BCUT2D eigenvalue weighted by Gasteiger charge is 2.13. The SMILES string of the molecule is CCn1nccc1C(N)CC(=O)O. The summed E-state index contributed by atoms with van der Waals surface area (Å²) in [4.78, 5) is 10.4. The Balaban J connectivity index is 2.75. The highest BCUT2D eigenvalue weighted by atomic mass is 16.4. The van der Waals surface area contributed by atoms with Gasteiger partial charge in [0.1, 0.15) is 0 Å². The van der Waals surface area contributed by atoms with Gasteiger partial charge in [-0.15, -0.1) is 0 Å². The fourth-order valence-electron chi connectivity index (χ4n) is 1.21. The molecule has 1 atom stereocenters. The van der Waals surface area contributed by atoms with Gasteiger partial charge in [0.2, 0.25) is 0 Å². The summed E-state index contributed by atoms with van der Waals surface area (Å²) < 4.78 is 1.70. The molecule has 13 heavy (non-hydrogen) atoms. The molecular weight excluding hydrogens is 170 g/mol. The van der Waals surface area contributed by atoms with Crippen molar-refractivity contribution in [3.63, 3.8) is 0 Å². The lowest BCUT2D eigenvalue weighted by atomic mass is 10.1. The topological polar surface area (TPSA) is 81.1 Å². The normalized spacial score (nSPS) is 12.8. The molecule has 1 unspecified atom stereocenters. The van der Waals surface area contributed by atoms with E-state index in [2.05, 4.69) is 5.10 Å². The minimum atomic E-state index is -0.892. The molecule has 0 spiro atoms. The number of aromatic nitrogens is 2. The van der Waals surface area contributed by atoms with Crippen LogP contribution >= 0.6 is 0 Å². The molecular formula is C8H13N3O2. The smallest absolute Gasteiger partial charge is 0.305 e. The number of carbonyl (C=O) groups is 1. The molecule has 0 bridgehead atoms. The van der Waals surface area contributed by atoms with Gasteiger partial charge in [-0.05, 0) is 13.0 Å². The van der Waals surface area contributed by atoms with E-state index in [-0.39, 0.29) is 6.42 Å². The molecule has 3 N–H and O–H groups in total. The molecule has 0 radical (unpaired) electrons. The van der Waals surface area contributed by atoms with Gasteiger partial charge in [0.15, 0.2) is 0 Å². The summed E-state index contributed by atoms with van der Waals surface area (Å²) in [5.74, 6) is -0.892. The van der Waals surface area contributed by atoms with Crippen molar-refractivity contribution in [1.29, 1.82) is 0 Å². The number of aliphatic carboxylic acids is 1. The summed E-state index contributed by atoms with van der Waals surface area (Å²) in [5.41, 5.74) is 6.44. The van der Waals surface area contributed by atoms with Crippen LogP contribution in [0, 0.1) is 0 Å². The summed E-state index contributed by atoms with van der Waals surface area (Å²) in [6.07, 6.45) is 1.56.